The summed E-state index contributed by atoms with van der Waals surface area (Å²) in [5.41, 5.74) is 1.64. The number of benzene rings is 3. The van der Waals surface area contributed by atoms with Crippen LogP contribution in [0, 0.1) is 0 Å². The van der Waals surface area contributed by atoms with E-state index in [4.69, 9.17) is 0 Å². The van der Waals surface area contributed by atoms with Crippen LogP contribution in [0.15, 0.2) is 84.9 Å². The molecule has 4 rings (SSSR count). The van der Waals surface area contributed by atoms with Gasteiger partial charge in [0.1, 0.15) is 0 Å². The third-order valence-electron chi connectivity index (χ3n) is 5.68. The molecule has 1 aromatic heterocycles. The van der Waals surface area contributed by atoms with Gasteiger partial charge in [0, 0.05) is 6.54 Å². The maximum atomic E-state index is 12.6. The molecule has 0 aliphatic rings. The van der Waals surface area contributed by atoms with Gasteiger partial charge in [0.2, 0.25) is 5.91 Å². The number of carbonyl (C=O) groups excluding carboxylic acids is 3. The van der Waals surface area contributed by atoms with Crippen LogP contribution >= 0.6 is 11.3 Å². The number of carbonyl (C=O) groups is 4. The zero-order valence-electron chi connectivity index (χ0n) is 20.3. The van der Waals surface area contributed by atoms with E-state index in [1.54, 1.807) is 18.2 Å². The van der Waals surface area contributed by atoms with Crippen LogP contribution in [0.5, 0.6) is 0 Å². The first-order valence-electron chi connectivity index (χ1n) is 11.8. The maximum absolute atomic E-state index is 12.6. The Morgan fingerprint density at radius 3 is 2.34 bits per heavy atom. The molecule has 0 spiro atoms. The number of fused-ring (bicyclic) bond motifs is 1. The maximum Gasteiger partial charge on any atom is 0.320 e. The fraction of sp³-hybridized carbons (Fsp3) is 0.143. The minimum Gasteiger partial charge on any atom is -0.481 e. The van der Waals surface area contributed by atoms with Crippen LogP contribution in [-0.4, -0.2) is 35.5 Å². The van der Waals surface area contributed by atoms with Crippen molar-refractivity contribution in [2.45, 2.75) is 19.0 Å². The molecule has 38 heavy (non-hydrogen) atoms. The van der Waals surface area contributed by atoms with E-state index in [9.17, 15) is 24.3 Å². The molecule has 5 N–H and O–H groups in total. The zero-order valence-corrected chi connectivity index (χ0v) is 21.1. The Morgan fingerprint density at radius 1 is 0.816 bits per heavy atom. The topological polar surface area (TPSA) is 137 Å². The smallest absolute Gasteiger partial charge is 0.320 e. The van der Waals surface area contributed by atoms with Crippen molar-refractivity contribution in [1.29, 1.82) is 0 Å². The Kier molecular flexibility index (Phi) is 8.68. The fourth-order valence-corrected chi connectivity index (χ4v) is 4.74. The van der Waals surface area contributed by atoms with E-state index < -0.39 is 29.9 Å². The van der Waals surface area contributed by atoms with E-state index in [-0.39, 0.29) is 13.0 Å². The molecular weight excluding hydrogens is 504 g/mol. The van der Waals surface area contributed by atoms with Gasteiger partial charge in [-0.3, -0.25) is 19.7 Å². The Morgan fingerprint density at radius 2 is 1.55 bits per heavy atom. The largest absolute Gasteiger partial charge is 0.481 e. The highest BCUT2D eigenvalue weighted by molar-refractivity contribution is 7.18. The highest BCUT2D eigenvalue weighted by atomic mass is 32.1. The number of nitrogens with one attached hydrogen (secondary N) is 4. The van der Waals surface area contributed by atoms with Gasteiger partial charge in [-0.2, -0.15) is 0 Å². The van der Waals surface area contributed by atoms with Crippen molar-refractivity contribution in [2.24, 2.45) is 0 Å². The number of anilines is 1. The third-order valence-corrected chi connectivity index (χ3v) is 6.68. The second kappa shape index (κ2) is 12.5. The Hall–Kier alpha value is -4.70. The lowest BCUT2D eigenvalue weighted by Gasteiger charge is -2.19. The van der Waals surface area contributed by atoms with Crippen molar-refractivity contribution in [2.75, 3.05) is 11.9 Å². The van der Waals surface area contributed by atoms with Gasteiger partial charge >= 0.3 is 12.0 Å². The number of hydrogen-bond donors (Lipinski definition) is 5. The van der Waals surface area contributed by atoms with Gasteiger partial charge in [0.25, 0.3) is 5.91 Å². The van der Waals surface area contributed by atoms with Crippen molar-refractivity contribution in [3.63, 3.8) is 0 Å². The average molecular weight is 531 g/mol. The molecule has 0 saturated carbocycles. The molecule has 194 valence electrons. The molecule has 0 saturated heterocycles. The van der Waals surface area contributed by atoms with Gasteiger partial charge in [0.05, 0.1) is 28.9 Å². The molecule has 9 nitrogen and oxygen atoms in total. The van der Waals surface area contributed by atoms with Crippen molar-refractivity contribution in [3.05, 3.63) is 101 Å². The van der Waals surface area contributed by atoms with Crippen LogP contribution in [0.3, 0.4) is 0 Å². The summed E-state index contributed by atoms with van der Waals surface area (Å²) in [4.78, 5) is 49.2. The quantitative estimate of drug-likeness (QED) is 0.208. The number of carboxylic acids is 1. The third kappa shape index (κ3) is 7.17. The Labute approximate surface area is 222 Å². The zero-order chi connectivity index (χ0) is 26.9. The lowest BCUT2D eigenvalue weighted by Crippen LogP contribution is -2.39. The summed E-state index contributed by atoms with van der Waals surface area (Å²) < 4.78 is 0. The molecule has 0 aliphatic heterocycles. The molecule has 1 heterocycles. The number of rotatable bonds is 10. The molecular formula is C28H26N4O5S. The molecule has 1 atom stereocenters. The van der Waals surface area contributed by atoms with Crippen LogP contribution in [0.2, 0.25) is 0 Å². The predicted octanol–water partition coefficient (Wildman–Crippen LogP) is 4.29. The molecule has 4 aromatic rings. The van der Waals surface area contributed by atoms with Gasteiger partial charge in [-0.25, -0.2) is 4.79 Å². The minimum absolute atomic E-state index is 0.306. The van der Waals surface area contributed by atoms with Crippen LogP contribution in [-0.2, 0) is 16.1 Å². The minimum atomic E-state index is -1.06. The van der Waals surface area contributed by atoms with E-state index in [2.05, 4.69) is 21.3 Å². The van der Waals surface area contributed by atoms with Gasteiger partial charge in [-0.05, 0) is 34.0 Å². The van der Waals surface area contributed by atoms with E-state index in [0.29, 0.717) is 22.0 Å². The second-order valence-electron chi connectivity index (χ2n) is 8.43. The first kappa shape index (κ1) is 26.4. The molecule has 0 aliphatic carbocycles. The van der Waals surface area contributed by atoms with E-state index in [0.717, 1.165) is 27.7 Å². The molecule has 0 bridgehead atoms. The lowest BCUT2D eigenvalue weighted by molar-refractivity contribution is -0.137. The van der Waals surface area contributed by atoms with E-state index >= 15 is 0 Å². The van der Waals surface area contributed by atoms with Gasteiger partial charge < -0.3 is 21.1 Å². The van der Waals surface area contributed by atoms with Crippen molar-refractivity contribution < 1.29 is 24.3 Å². The van der Waals surface area contributed by atoms with Crippen LogP contribution in [0.1, 0.15) is 33.3 Å². The molecule has 0 fully saturated rings. The van der Waals surface area contributed by atoms with Crippen molar-refractivity contribution in [1.82, 2.24) is 16.0 Å². The standard InChI is InChI=1S/C28H26N4O5S/c33-24(31-22(15-26(34)35)21-12-6-10-19-9-4-5-11-20(19)21)17-29-27(36)23-13-14-25(38-23)32-28(37)30-16-18-7-2-1-3-8-18/h1-14,22H,15-17H2,(H,29,36)(H,31,33)(H,34,35)(H2,30,32,37). The first-order valence-corrected chi connectivity index (χ1v) is 12.7. The number of urea groups is 1. The summed E-state index contributed by atoms with van der Waals surface area (Å²) in [7, 11) is 0. The number of carboxylic acid groups (broad SMARTS) is 1. The van der Waals surface area contributed by atoms with Gasteiger partial charge in [-0.15, -0.1) is 11.3 Å². The summed E-state index contributed by atoms with van der Waals surface area (Å²) in [6, 6.07) is 24.5. The van der Waals surface area contributed by atoms with Gasteiger partial charge in [-0.1, -0.05) is 72.8 Å². The van der Waals surface area contributed by atoms with Crippen molar-refractivity contribution in [3.8, 4) is 0 Å². The van der Waals surface area contributed by atoms with Crippen molar-refractivity contribution >= 4 is 50.9 Å². The molecule has 4 amide bonds. The van der Waals surface area contributed by atoms with Crippen LogP contribution < -0.4 is 21.3 Å². The van der Waals surface area contributed by atoms with Gasteiger partial charge in [0.15, 0.2) is 0 Å². The highest BCUT2D eigenvalue weighted by Crippen LogP contribution is 2.26. The summed E-state index contributed by atoms with van der Waals surface area (Å²) in [5.74, 6) is -2.06. The van der Waals surface area contributed by atoms with Crippen LogP contribution in [0.25, 0.3) is 10.8 Å². The second-order valence-corrected chi connectivity index (χ2v) is 9.51. The summed E-state index contributed by atoms with van der Waals surface area (Å²) in [6.07, 6.45) is -0.306. The monoisotopic (exact) mass is 530 g/mol. The molecule has 3 aromatic carbocycles. The number of amides is 4. The highest BCUT2D eigenvalue weighted by Gasteiger charge is 2.21. The molecule has 10 heteroatoms. The molecule has 0 radical (unpaired) electrons. The SMILES string of the molecule is O=C(O)CC(NC(=O)CNC(=O)c1ccc(NC(=O)NCc2ccccc2)s1)c1cccc2ccccc12. The van der Waals surface area contributed by atoms with E-state index in [1.807, 2.05) is 66.7 Å². The van der Waals surface area contributed by atoms with Crippen LogP contribution in [0.4, 0.5) is 9.80 Å². The summed E-state index contributed by atoms with van der Waals surface area (Å²) in [5, 5.41) is 22.3. The normalized spacial score (nSPS) is 11.4. The summed E-state index contributed by atoms with van der Waals surface area (Å²) >= 11 is 1.07. The van der Waals surface area contributed by atoms with E-state index in [1.165, 1.54) is 0 Å². The molecule has 1 unspecified atom stereocenters. The average Bonchev–Trinajstić information content (AvgIpc) is 3.38. The Balaban J connectivity index is 1.31. The Bertz CT molecular complexity index is 1450. The number of thiophene rings is 1. The lowest BCUT2D eigenvalue weighted by atomic mass is 9.96. The first-order chi connectivity index (χ1) is 18.4. The predicted molar refractivity (Wildman–Crippen MR) is 146 cm³/mol. The number of hydrogen-bond acceptors (Lipinski definition) is 5. The fourth-order valence-electron chi connectivity index (χ4n) is 3.92. The summed E-state index contributed by atoms with van der Waals surface area (Å²) in [6.45, 7) is 0.0279. The number of aliphatic carboxylic acids is 1.